The maximum atomic E-state index is 4.64. The van der Waals surface area contributed by atoms with Gasteiger partial charge < -0.3 is 0 Å². The van der Waals surface area contributed by atoms with Gasteiger partial charge in [-0.25, -0.2) is 0 Å². The van der Waals surface area contributed by atoms with Gasteiger partial charge in [0.25, 0.3) is 0 Å². The minimum atomic E-state index is 1.09. The van der Waals surface area contributed by atoms with Gasteiger partial charge in [0, 0.05) is 11.8 Å². The molecule has 1 heteroatoms. The second kappa shape index (κ2) is 5.23. The zero-order valence-electron chi connectivity index (χ0n) is 11.1. The number of benzene rings is 1. The summed E-state index contributed by atoms with van der Waals surface area (Å²) >= 11 is 0. The van der Waals surface area contributed by atoms with Crippen molar-refractivity contribution >= 4 is 5.57 Å². The Labute approximate surface area is 114 Å². The van der Waals surface area contributed by atoms with Crippen LogP contribution in [-0.4, -0.2) is 4.98 Å². The van der Waals surface area contributed by atoms with Gasteiger partial charge in [0.2, 0.25) is 0 Å². The molecular formula is C18H17N. The van der Waals surface area contributed by atoms with Crippen LogP contribution in [0, 0.1) is 6.92 Å². The average Bonchev–Trinajstić information content (AvgIpc) is 2.49. The van der Waals surface area contributed by atoms with E-state index >= 15 is 0 Å². The lowest BCUT2D eigenvalue weighted by molar-refractivity contribution is 1.04. The molecule has 1 nitrogen and oxygen atoms in total. The zero-order valence-corrected chi connectivity index (χ0v) is 11.1. The molecule has 94 valence electrons. The summed E-state index contributed by atoms with van der Waals surface area (Å²) in [6.45, 7) is 2.16. The number of aryl methyl sites for hydroxylation is 1. The summed E-state index contributed by atoms with van der Waals surface area (Å²) in [6, 6.07) is 12.6. The SMILES string of the molecule is Cc1cc(C2=CC=CCC2)ncc1-c1ccccc1. The van der Waals surface area contributed by atoms with Crippen LogP contribution in [0.25, 0.3) is 16.7 Å². The molecule has 1 aromatic heterocycles. The van der Waals surface area contributed by atoms with Gasteiger partial charge in [0.15, 0.2) is 0 Å². The first-order valence-corrected chi connectivity index (χ1v) is 6.73. The summed E-state index contributed by atoms with van der Waals surface area (Å²) in [5.41, 5.74) is 6.19. The standard InChI is InChI=1S/C18H17N/c1-14-12-18(16-10-6-3-7-11-16)19-13-17(14)15-8-4-2-5-9-15/h2-6,8-10,12-13H,7,11H2,1H3. The Bertz CT molecular complexity index is 636. The summed E-state index contributed by atoms with van der Waals surface area (Å²) < 4.78 is 0. The molecule has 0 bridgehead atoms. The molecule has 0 atom stereocenters. The smallest absolute Gasteiger partial charge is 0.0664 e. The van der Waals surface area contributed by atoms with E-state index in [1.165, 1.54) is 22.3 Å². The lowest BCUT2D eigenvalue weighted by atomic mass is 9.97. The van der Waals surface area contributed by atoms with E-state index in [4.69, 9.17) is 0 Å². The number of hydrogen-bond donors (Lipinski definition) is 0. The molecule has 0 saturated heterocycles. The highest BCUT2D eigenvalue weighted by atomic mass is 14.7. The Morgan fingerprint density at radius 1 is 1.11 bits per heavy atom. The van der Waals surface area contributed by atoms with Gasteiger partial charge in [-0.1, -0.05) is 48.6 Å². The number of nitrogens with zero attached hydrogens (tertiary/aromatic N) is 1. The fourth-order valence-corrected chi connectivity index (χ4v) is 2.47. The third-order valence-corrected chi connectivity index (χ3v) is 3.54. The highest BCUT2D eigenvalue weighted by molar-refractivity contribution is 5.71. The van der Waals surface area contributed by atoms with Crippen LogP contribution >= 0.6 is 0 Å². The summed E-state index contributed by atoms with van der Waals surface area (Å²) in [6.07, 6.45) is 10.7. The van der Waals surface area contributed by atoms with Crippen molar-refractivity contribution in [1.29, 1.82) is 0 Å². The molecule has 1 aliphatic rings. The second-order valence-electron chi connectivity index (χ2n) is 4.91. The fourth-order valence-electron chi connectivity index (χ4n) is 2.47. The summed E-state index contributed by atoms with van der Waals surface area (Å²) in [4.78, 5) is 4.64. The lowest BCUT2D eigenvalue weighted by Gasteiger charge is -2.11. The van der Waals surface area contributed by atoms with E-state index in [0.29, 0.717) is 0 Å². The number of allylic oxidation sites excluding steroid dienone is 4. The number of hydrogen-bond acceptors (Lipinski definition) is 1. The molecule has 0 radical (unpaired) electrons. The molecule has 1 aliphatic carbocycles. The van der Waals surface area contributed by atoms with Crippen molar-refractivity contribution in [3.05, 3.63) is 72.1 Å². The van der Waals surface area contributed by atoms with Crippen LogP contribution in [0.15, 0.2) is 60.8 Å². The van der Waals surface area contributed by atoms with Crippen molar-refractivity contribution in [2.24, 2.45) is 0 Å². The average molecular weight is 247 g/mol. The van der Waals surface area contributed by atoms with Gasteiger partial charge in [0.1, 0.15) is 0 Å². The van der Waals surface area contributed by atoms with Crippen LogP contribution in [0.2, 0.25) is 0 Å². The summed E-state index contributed by atoms with van der Waals surface area (Å²) in [7, 11) is 0. The van der Waals surface area contributed by atoms with Crippen molar-refractivity contribution in [2.45, 2.75) is 19.8 Å². The molecule has 0 amide bonds. The second-order valence-corrected chi connectivity index (χ2v) is 4.91. The Kier molecular flexibility index (Phi) is 3.28. The first-order chi connectivity index (χ1) is 9.34. The van der Waals surface area contributed by atoms with Crippen LogP contribution in [0.5, 0.6) is 0 Å². The van der Waals surface area contributed by atoms with Crippen molar-refractivity contribution < 1.29 is 0 Å². The molecule has 2 aromatic rings. The predicted molar refractivity (Wildman–Crippen MR) is 80.8 cm³/mol. The van der Waals surface area contributed by atoms with Crippen LogP contribution < -0.4 is 0 Å². The van der Waals surface area contributed by atoms with Crippen molar-refractivity contribution in [2.75, 3.05) is 0 Å². The largest absolute Gasteiger partial charge is 0.256 e. The Morgan fingerprint density at radius 3 is 2.63 bits per heavy atom. The Hall–Kier alpha value is -2.15. The molecule has 3 rings (SSSR count). The molecule has 19 heavy (non-hydrogen) atoms. The molecule has 0 N–H and O–H groups in total. The number of aromatic nitrogens is 1. The monoisotopic (exact) mass is 247 g/mol. The summed E-state index contributed by atoms with van der Waals surface area (Å²) in [5, 5.41) is 0. The van der Waals surface area contributed by atoms with Crippen molar-refractivity contribution in [3.8, 4) is 11.1 Å². The highest BCUT2D eigenvalue weighted by Gasteiger charge is 2.08. The molecule has 1 aromatic carbocycles. The maximum absolute atomic E-state index is 4.64. The molecular weight excluding hydrogens is 230 g/mol. The molecule has 0 fully saturated rings. The van der Waals surface area contributed by atoms with Gasteiger partial charge in [-0.3, -0.25) is 4.98 Å². The summed E-state index contributed by atoms with van der Waals surface area (Å²) in [5.74, 6) is 0. The molecule has 0 aliphatic heterocycles. The zero-order chi connectivity index (χ0) is 13.1. The van der Waals surface area contributed by atoms with Gasteiger partial charge in [-0.2, -0.15) is 0 Å². The van der Waals surface area contributed by atoms with Gasteiger partial charge in [-0.05, 0) is 42.5 Å². The van der Waals surface area contributed by atoms with E-state index < -0.39 is 0 Å². The normalized spacial score (nSPS) is 14.3. The van der Waals surface area contributed by atoms with E-state index in [0.717, 1.165) is 18.5 Å². The van der Waals surface area contributed by atoms with Crippen LogP contribution in [0.1, 0.15) is 24.1 Å². The third kappa shape index (κ3) is 2.50. The van der Waals surface area contributed by atoms with Crippen molar-refractivity contribution in [3.63, 3.8) is 0 Å². The maximum Gasteiger partial charge on any atom is 0.0664 e. The molecule has 0 saturated carbocycles. The predicted octanol–water partition coefficient (Wildman–Crippen LogP) is 4.79. The first kappa shape index (κ1) is 11.9. The van der Waals surface area contributed by atoms with E-state index in [2.05, 4.69) is 60.5 Å². The fraction of sp³-hybridized carbons (Fsp3) is 0.167. The minimum Gasteiger partial charge on any atom is -0.256 e. The van der Waals surface area contributed by atoms with E-state index in [-0.39, 0.29) is 0 Å². The molecule has 1 heterocycles. The topological polar surface area (TPSA) is 12.9 Å². The van der Waals surface area contributed by atoms with Crippen molar-refractivity contribution in [1.82, 2.24) is 4.98 Å². The number of pyridine rings is 1. The third-order valence-electron chi connectivity index (χ3n) is 3.54. The quantitative estimate of drug-likeness (QED) is 0.743. The van der Waals surface area contributed by atoms with Crippen LogP contribution in [0.4, 0.5) is 0 Å². The molecule has 0 unspecified atom stereocenters. The Morgan fingerprint density at radius 2 is 1.95 bits per heavy atom. The lowest BCUT2D eigenvalue weighted by Crippen LogP contribution is -1.94. The van der Waals surface area contributed by atoms with Gasteiger partial charge in [0.05, 0.1) is 5.69 Å². The van der Waals surface area contributed by atoms with E-state index in [1.54, 1.807) is 0 Å². The van der Waals surface area contributed by atoms with Crippen LogP contribution in [0.3, 0.4) is 0 Å². The Balaban J connectivity index is 1.99. The molecule has 0 spiro atoms. The first-order valence-electron chi connectivity index (χ1n) is 6.73. The van der Waals surface area contributed by atoms with E-state index in [9.17, 15) is 0 Å². The minimum absolute atomic E-state index is 1.09. The van der Waals surface area contributed by atoms with E-state index in [1.807, 2.05) is 12.3 Å². The van der Waals surface area contributed by atoms with Gasteiger partial charge in [-0.15, -0.1) is 0 Å². The highest BCUT2D eigenvalue weighted by Crippen LogP contribution is 2.27. The number of rotatable bonds is 2. The van der Waals surface area contributed by atoms with Gasteiger partial charge >= 0.3 is 0 Å². The van der Waals surface area contributed by atoms with Crippen LogP contribution in [-0.2, 0) is 0 Å².